The maximum atomic E-state index is 12.4. The van der Waals surface area contributed by atoms with Crippen molar-refractivity contribution in [3.8, 4) is 0 Å². The third-order valence-electron chi connectivity index (χ3n) is 3.17. The molecule has 1 saturated heterocycles. The predicted octanol–water partition coefficient (Wildman–Crippen LogP) is 2.66. The Morgan fingerprint density at radius 1 is 1.22 bits per heavy atom. The summed E-state index contributed by atoms with van der Waals surface area (Å²) in [5.41, 5.74) is 0.224. The minimum absolute atomic E-state index is 0.312. The van der Waals surface area contributed by atoms with Gasteiger partial charge in [0.1, 0.15) is 0 Å². The van der Waals surface area contributed by atoms with Gasteiger partial charge in [0.05, 0.1) is 11.7 Å². The molecule has 5 heteroatoms. The normalized spacial score (nSPS) is 22.1. The molecule has 1 aliphatic rings. The number of aliphatic hydroxyl groups is 1. The summed E-state index contributed by atoms with van der Waals surface area (Å²) in [4.78, 5) is 2.07. The zero-order chi connectivity index (χ0) is 13.2. The summed E-state index contributed by atoms with van der Waals surface area (Å²) in [5.74, 6) is 0. The van der Waals surface area contributed by atoms with Gasteiger partial charge in [-0.2, -0.15) is 13.2 Å². The van der Waals surface area contributed by atoms with E-state index in [2.05, 4.69) is 4.90 Å². The average Bonchev–Trinajstić information content (AvgIpc) is 2.28. The molecule has 0 aromatic heterocycles. The third-order valence-corrected chi connectivity index (χ3v) is 3.17. The fourth-order valence-electron chi connectivity index (χ4n) is 2.23. The van der Waals surface area contributed by atoms with Crippen molar-refractivity contribution < 1.29 is 18.3 Å². The van der Waals surface area contributed by atoms with Crippen molar-refractivity contribution in [2.75, 3.05) is 13.1 Å². The van der Waals surface area contributed by atoms with E-state index in [9.17, 15) is 18.3 Å². The molecule has 0 aliphatic carbocycles. The van der Waals surface area contributed by atoms with E-state index in [0.29, 0.717) is 13.1 Å². The van der Waals surface area contributed by atoms with Crippen LogP contribution in [0.2, 0.25) is 0 Å². The van der Waals surface area contributed by atoms with Crippen molar-refractivity contribution in [1.29, 1.82) is 0 Å². The van der Waals surface area contributed by atoms with Gasteiger partial charge in [-0.15, -0.1) is 0 Å². The number of alkyl halides is 3. The molecule has 18 heavy (non-hydrogen) atoms. The fraction of sp³-hybridized carbons (Fsp3) is 0.538. The molecule has 2 nitrogen and oxygen atoms in total. The van der Waals surface area contributed by atoms with E-state index < -0.39 is 11.7 Å². The number of benzene rings is 1. The maximum Gasteiger partial charge on any atom is 0.416 e. The van der Waals surface area contributed by atoms with Crippen molar-refractivity contribution in [1.82, 2.24) is 4.90 Å². The molecule has 1 atom stereocenters. The Bertz CT molecular complexity index is 388. The van der Waals surface area contributed by atoms with Crippen LogP contribution in [0.5, 0.6) is 0 Å². The van der Waals surface area contributed by atoms with E-state index >= 15 is 0 Å². The van der Waals surface area contributed by atoms with Crippen molar-refractivity contribution >= 4 is 0 Å². The Morgan fingerprint density at radius 2 is 1.89 bits per heavy atom. The van der Waals surface area contributed by atoms with Crippen LogP contribution in [0.4, 0.5) is 13.2 Å². The summed E-state index contributed by atoms with van der Waals surface area (Å²) in [7, 11) is 0. The van der Waals surface area contributed by atoms with Crippen LogP contribution in [0.15, 0.2) is 24.3 Å². The Kier molecular flexibility index (Phi) is 3.92. The minimum Gasteiger partial charge on any atom is -0.392 e. The Labute approximate surface area is 104 Å². The molecule has 1 heterocycles. The number of likely N-dealkylation sites (tertiary alicyclic amines) is 1. The van der Waals surface area contributed by atoms with Crippen LogP contribution in [0.3, 0.4) is 0 Å². The molecule has 1 fully saturated rings. The highest BCUT2D eigenvalue weighted by Gasteiger charge is 2.30. The van der Waals surface area contributed by atoms with Gasteiger partial charge in [-0.1, -0.05) is 12.1 Å². The van der Waals surface area contributed by atoms with Crippen LogP contribution in [0.25, 0.3) is 0 Å². The number of hydrogen-bond donors (Lipinski definition) is 1. The molecule has 1 aromatic rings. The lowest BCUT2D eigenvalue weighted by Gasteiger charge is -2.30. The van der Waals surface area contributed by atoms with Crippen LogP contribution in [-0.2, 0) is 12.7 Å². The van der Waals surface area contributed by atoms with E-state index in [0.717, 1.165) is 37.1 Å². The van der Waals surface area contributed by atoms with Gasteiger partial charge in [-0.25, -0.2) is 0 Å². The second kappa shape index (κ2) is 5.28. The van der Waals surface area contributed by atoms with Crippen molar-refractivity contribution in [3.05, 3.63) is 35.4 Å². The molecule has 2 rings (SSSR count). The zero-order valence-electron chi connectivity index (χ0n) is 9.95. The standard InChI is InChI=1S/C13H16F3NO/c14-13(15,16)11-5-3-10(4-6-11)8-17-7-1-2-12(18)9-17/h3-6,12,18H,1-2,7-9H2/t12-/m0/s1. The lowest BCUT2D eigenvalue weighted by atomic mass is 10.1. The largest absolute Gasteiger partial charge is 0.416 e. The SMILES string of the molecule is O[C@H]1CCCN(Cc2ccc(C(F)(F)F)cc2)C1. The summed E-state index contributed by atoms with van der Waals surface area (Å²) >= 11 is 0. The Morgan fingerprint density at radius 3 is 2.44 bits per heavy atom. The molecule has 100 valence electrons. The maximum absolute atomic E-state index is 12.4. The van der Waals surface area contributed by atoms with Gasteiger partial charge in [0.25, 0.3) is 0 Å². The highest BCUT2D eigenvalue weighted by Crippen LogP contribution is 2.29. The first-order valence-electron chi connectivity index (χ1n) is 6.02. The van der Waals surface area contributed by atoms with Gasteiger partial charge in [0, 0.05) is 13.1 Å². The van der Waals surface area contributed by atoms with Crippen LogP contribution < -0.4 is 0 Å². The number of β-amino-alcohol motifs (C(OH)–C–C–N with tert-alkyl or cyclic N) is 1. The van der Waals surface area contributed by atoms with Crippen LogP contribution in [0.1, 0.15) is 24.0 Å². The molecule has 0 saturated carbocycles. The Balaban J connectivity index is 1.98. The summed E-state index contributed by atoms with van der Waals surface area (Å²) in [6.45, 7) is 2.08. The van der Waals surface area contributed by atoms with E-state index in [-0.39, 0.29) is 6.10 Å². The second-order valence-corrected chi connectivity index (χ2v) is 4.73. The molecule has 0 spiro atoms. The fourth-order valence-corrected chi connectivity index (χ4v) is 2.23. The lowest BCUT2D eigenvalue weighted by molar-refractivity contribution is -0.137. The van der Waals surface area contributed by atoms with Crippen LogP contribution in [-0.4, -0.2) is 29.2 Å². The molecule has 1 aromatic carbocycles. The predicted molar refractivity (Wildman–Crippen MR) is 62.0 cm³/mol. The number of nitrogens with zero attached hydrogens (tertiary/aromatic N) is 1. The average molecular weight is 259 g/mol. The Hall–Kier alpha value is -1.07. The monoisotopic (exact) mass is 259 g/mol. The van der Waals surface area contributed by atoms with E-state index in [1.54, 1.807) is 0 Å². The highest BCUT2D eigenvalue weighted by molar-refractivity contribution is 5.24. The first-order chi connectivity index (χ1) is 8.45. The number of aliphatic hydroxyl groups excluding tert-OH is 1. The van der Waals surface area contributed by atoms with Gasteiger partial charge < -0.3 is 5.11 Å². The zero-order valence-corrected chi connectivity index (χ0v) is 9.95. The van der Waals surface area contributed by atoms with Gasteiger partial charge in [0.15, 0.2) is 0 Å². The number of hydrogen-bond acceptors (Lipinski definition) is 2. The van der Waals surface area contributed by atoms with Crippen LogP contribution >= 0.6 is 0 Å². The molecule has 1 N–H and O–H groups in total. The topological polar surface area (TPSA) is 23.5 Å². The van der Waals surface area contributed by atoms with E-state index in [1.165, 1.54) is 12.1 Å². The molecule has 1 aliphatic heterocycles. The molecule has 0 radical (unpaired) electrons. The molecule has 0 bridgehead atoms. The molecular weight excluding hydrogens is 243 g/mol. The van der Waals surface area contributed by atoms with Gasteiger partial charge in [-0.3, -0.25) is 4.90 Å². The van der Waals surface area contributed by atoms with E-state index in [4.69, 9.17) is 0 Å². The van der Waals surface area contributed by atoms with Gasteiger partial charge >= 0.3 is 6.18 Å². The number of piperidine rings is 1. The van der Waals surface area contributed by atoms with Gasteiger partial charge in [0.2, 0.25) is 0 Å². The smallest absolute Gasteiger partial charge is 0.392 e. The van der Waals surface area contributed by atoms with Crippen molar-refractivity contribution in [3.63, 3.8) is 0 Å². The van der Waals surface area contributed by atoms with Crippen LogP contribution in [0, 0.1) is 0 Å². The lowest BCUT2D eigenvalue weighted by Crippen LogP contribution is -2.37. The summed E-state index contributed by atoms with van der Waals surface area (Å²) in [6.07, 6.45) is -2.85. The number of rotatable bonds is 2. The quantitative estimate of drug-likeness (QED) is 0.882. The molecule has 0 unspecified atom stereocenters. The van der Waals surface area contributed by atoms with Gasteiger partial charge in [-0.05, 0) is 37.1 Å². The molecule has 0 amide bonds. The second-order valence-electron chi connectivity index (χ2n) is 4.73. The molecular formula is C13H16F3NO. The summed E-state index contributed by atoms with van der Waals surface area (Å²) in [5, 5.41) is 9.52. The third kappa shape index (κ3) is 3.46. The first kappa shape index (κ1) is 13.4. The summed E-state index contributed by atoms with van der Waals surface area (Å²) < 4.78 is 37.2. The minimum atomic E-state index is -4.28. The van der Waals surface area contributed by atoms with Crippen molar-refractivity contribution in [2.24, 2.45) is 0 Å². The van der Waals surface area contributed by atoms with Crippen molar-refractivity contribution in [2.45, 2.75) is 31.7 Å². The van der Waals surface area contributed by atoms with E-state index in [1.807, 2.05) is 0 Å². The highest BCUT2D eigenvalue weighted by atomic mass is 19.4. The number of halogens is 3. The summed E-state index contributed by atoms with van der Waals surface area (Å²) in [6, 6.07) is 5.22. The first-order valence-corrected chi connectivity index (χ1v) is 6.02.